The van der Waals surface area contributed by atoms with Crippen LogP contribution in [-0.4, -0.2) is 37.5 Å². The van der Waals surface area contributed by atoms with E-state index in [-0.39, 0.29) is 17.7 Å². The lowest BCUT2D eigenvalue weighted by atomic mass is 9.95. The lowest BCUT2D eigenvalue weighted by Gasteiger charge is -2.25. The summed E-state index contributed by atoms with van der Waals surface area (Å²) in [5, 5.41) is 9.33. The summed E-state index contributed by atoms with van der Waals surface area (Å²) in [6.45, 7) is 6.84. The number of amides is 2. The van der Waals surface area contributed by atoms with Crippen LogP contribution in [0.2, 0.25) is 0 Å². The van der Waals surface area contributed by atoms with Gasteiger partial charge in [-0.1, -0.05) is 38.5 Å². The number of hydrogen-bond acceptors (Lipinski definition) is 3. The molecule has 3 unspecified atom stereocenters. The maximum atomic E-state index is 12.6. The minimum atomic E-state index is -0.498. The molecule has 138 valence electrons. The highest BCUT2D eigenvalue weighted by atomic mass is 16.2. The molecule has 1 saturated heterocycles. The minimum Gasteiger partial charge on any atom is -0.354 e. The number of nitrogens with one attached hydrogen (secondary N) is 3. The average Bonchev–Trinajstić information content (AvgIpc) is 2.66. The summed E-state index contributed by atoms with van der Waals surface area (Å²) < 4.78 is 0. The highest BCUT2D eigenvalue weighted by Crippen LogP contribution is 2.14. The molecule has 0 aliphatic carbocycles. The summed E-state index contributed by atoms with van der Waals surface area (Å²) in [6, 6.07) is 8.54. The van der Waals surface area contributed by atoms with Crippen LogP contribution in [0, 0.1) is 11.8 Å². The monoisotopic (exact) mass is 345 g/mol. The van der Waals surface area contributed by atoms with Gasteiger partial charge in [0, 0.05) is 12.1 Å². The first-order valence-corrected chi connectivity index (χ1v) is 9.46. The number of carbonyl (C=O) groups is 2. The highest BCUT2D eigenvalue weighted by Gasteiger charge is 2.26. The van der Waals surface area contributed by atoms with Crippen LogP contribution >= 0.6 is 0 Å². The maximum Gasteiger partial charge on any atom is 0.251 e. The van der Waals surface area contributed by atoms with Crippen molar-refractivity contribution in [3.05, 3.63) is 35.9 Å². The van der Waals surface area contributed by atoms with Crippen LogP contribution in [0.5, 0.6) is 0 Å². The van der Waals surface area contributed by atoms with Crippen molar-refractivity contribution in [3.8, 4) is 0 Å². The molecule has 1 aliphatic heterocycles. The van der Waals surface area contributed by atoms with Crippen molar-refractivity contribution < 1.29 is 9.59 Å². The first kappa shape index (κ1) is 19.4. The van der Waals surface area contributed by atoms with Crippen molar-refractivity contribution >= 4 is 11.8 Å². The number of piperidine rings is 1. The summed E-state index contributed by atoms with van der Waals surface area (Å²) in [6.07, 6.45) is 4.25. The predicted octanol–water partition coefficient (Wildman–Crippen LogP) is 2.34. The molecule has 1 aromatic carbocycles. The van der Waals surface area contributed by atoms with Crippen molar-refractivity contribution in [3.63, 3.8) is 0 Å². The van der Waals surface area contributed by atoms with E-state index in [0.717, 1.165) is 25.9 Å². The SMILES string of the molecule is CCC(C)C(NC(=O)c1ccccc1)C(=O)NCCC1CCCNC1. The topological polar surface area (TPSA) is 70.2 Å². The van der Waals surface area contributed by atoms with Crippen LogP contribution < -0.4 is 16.0 Å². The van der Waals surface area contributed by atoms with Gasteiger partial charge in [0.25, 0.3) is 5.91 Å². The molecule has 2 rings (SSSR count). The third-order valence-corrected chi connectivity index (χ3v) is 5.07. The first-order chi connectivity index (χ1) is 12.1. The number of benzene rings is 1. The van der Waals surface area contributed by atoms with Gasteiger partial charge in [0.05, 0.1) is 0 Å². The van der Waals surface area contributed by atoms with E-state index >= 15 is 0 Å². The van der Waals surface area contributed by atoms with Gasteiger partial charge >= 0.3 is 0 Å². The molecule has 0 radical (unpaired) electrons. The van der Waals surface area contributed by atoms with Gasteiger partial charge in [-0.2, -0.15) is 0 Å². The number of rotatable bonds is 8. The molecule has 0 saturated carbocycles. The molecule has 1 aromatic rings. The smallest absolute Gasteiger partial charge is 0.251 e. The van der Waals surface area contributed by atoms with E-state index in [9.17, 15) is 9.59 Å². The maximum absolute atomic E-state index is 12.6. The van der Waals surface area contributed by atoms with Gasteiger partial charge in [-0.25, -0.2) is 0 Å². The Balaban J connectivity index is 1.87. The van der Waals surface area contributed by atoms with Gasteiger partial charge in [0.1, 0.15) is 6.04 Å². The molecule has 0 aromatic heterocycles. The Bertz CT molecular complexity index is 541. The molecule has 3 N–H and O–H groups in total. The fourth-order valence-corrected chi connectivity index (χ4v) is 3.20. The lowest BCUT2D eigenvalue weighted by molar-refractivity contribution is -0.124. The van der Waals surface area contributed by atoms with Crippen molar-refractivity contribution in [1.82, 2.24) is 16.0 Å². The van der Waals surface area contributed by atoms with E-state index in [1.807, 2.05) is 32.0 Å². The van der Waals surface area contributed by atoms with Crippen molar-refractivity contribution in [2.75, 3.05) is 19.6 Å². The zero-order valence-corrected chi connectivity index (χ0v) is 15.4. The average molecular weight is 345 g/mol. The Morgan fingerprint density at radius 2 is 2.04 bits per heavy atom. The first-order valence-electron chi connectivity index (χ1n) is 9.46. The molecule has 25 heavy (non-hydrogen) atoms. The lowest BCUT2D eigenvalue weighted by Crippen LogP contribution is -2.50. The third kappa shape index (κ3) is 6.16. The van der Waals surface area contributed by atoms with Crippen molar-refractivity contribution in [2.45, 2.75) is 45.6 Å². The van der Waals surface area contributed by atoms with Crippen LogP contribution in [-0.2, 0) is 4.79 Å². The number of hydrogen-bond donors (Lipinski definition) is 3. The van der Waals surface area contributed by atoms with E-state index in [1.54, 1.807) is 12.1 Å². The van der Waals surface area contributed by atoms with Gasteiger partial charge in [0.2, 0.25) is 5.91 Å². The molecular weight excluding hydrogens is 314 g/mol. The zero-order chi connectivity index (χ0) is 18.1. The Morgan fingerprint density at radius 3 is 2.68 bits per heavy atom. The highest BCUT2D eigenvalue weighted by molar-refractivity contribution is 5.97. The second kappa shape index (κ2) is 10.2. The van der Waals surface area contributed by atoms with E-state index in [1.165, 1.54) is 12.8 Å². The van der Waals surface area contributed by atoms with Crippen LogP contribution in [0.25, 0.3) is 0 Å². The van der Waals surface area contributed by atoms with E-state index in [0.29, 0.717) is 18.0 Å². The third-order valence-electron chi connectivity index (χ3n) is 5.07. The second-order valence-electron chi connectivity index (χ2n) is 6.99. The molecule has 1 heterocycles. The summed E-state index contributed by atoms with van der Waals surface area (Å²) in [7, 11) is 0. The van der Waals surface area contributed by atoms with Crippen LogP contribution in [0.15, 0.2) is 30.3 Å². The molecule has 3 atom stereocenters. The predicted molar refractivity (Wildman–Crippen MR) is 100 cm³/mol. The standard InChI is InChI=1S/C20H31N3O2/c1-3-15(2)18(23-19(24)17-9-5-4-6-10-17)20(25)22-13-11-16-8-7-12-21-14-16/h4-6,9-10,15-16,18,21H,3,7-8,11-14H2,1-2H3,(H,22,25)(H,23,24). The van der Waals surface area contributed by atoms with E-state index in [2.05, 4.69) is 16.0 Å². The van der Waals surface area contributed by atoms with Crippen LogP contribution in [0.1, 0.15) is 49.9 Å². The molecular formula is C20H31N3O2. The van der Waals surface area contributed by atoms with Gasteiger partial charge in [-0.3, -0.25) is 9.59 Å². The van der Waals surface area contributed by atoms with Gasteiger partial charge in [0.15, 0.2) is 0 Å². The van der Waals surface area contributed by atoms with Gasteiger partial charge < -0.3 is 16.0 Å². The van der Waals surface area contributed by atoms with Gasteiger partial charge in [-0.05, 0) is 56.3 Å². The fourth-order valence-electron chi connectivity index (χ4n) is 3.20. The van der Waals surface area contributed by atoms with Crippen LogP contribution in [0.3, 0.4) is 0 Å². The Hall–Kier alpha value is -1.88. The minimum absolute atomic E-state index is 0.0811. The Labute approximate surface area is 151 Å². The van der Waals surface area contributed by atoms with E-state index in [4.69, 9.17) is 0 Å². The normalized spacial score (nSPS) is 19.7. The molecule has 0 bridgehead atoms. The molecule has 2 amide bonds. The molecule has 1 aliphatic rings. The molecule has 5 heteroatoms. The summed E-state index contributed by atoms with van der Waals surface area (Å²) in [4.78, 5) is 25.0. The Kier molecular flexibility index (Phi) is 7.92. The molecule has 0 spiro atoms. The molecule has 5 nitrogen and oxygen atoms in total. The van der Waals surface area contributed by atoms with Gasteiger partial charge in [-0.15, -0.1) is 0 Å². The largest absolute Gasteiger partial charge is 0.354 e. The van der Waals surface area contributed by atoms with Crippen molar-refractivity contribution in [1.29, 1.82) is 0 Å². The summed E-state index contributed by atoms with van der Waals surface area (Å²) >= 11 is 0. The summed E-state index contributed by atoms with van der Waals surface area (Å²) in [5.41, 5.74) is 0.580. The molecule has 1 fully saturated rings. The summed E-state index contributed by atoms with van der Waals surface area (Å²) in [5.74, 6) is 0.443. The van der Waals surface area contributed by atoms with Crippen LogP contribution in [0.4, 0.5) is 0 Å². The second-order valence-corrected chi connectivity index (χ2v) is 6.99. The fraction of sp³-hybridized carbons (Fsp3) is 0.600. The number of carbonyl (C=O) groups excluding carboxylic acids is 2. The zero-order valence-electron chi connectivity index (χ0n) is 15.4. The quantitative estimate of drug-likeness (QED) is 0.677. The van der Waals surface area contributed by atoms with E-state index < -0.39 is 6.04 Å². The van der Waals surface area contributed by atoms with Crippen molar-refractivity contribution in [2.24, 2.45) is 11.8 Å². The Morgan fingerprint density at radius 1 is 1.28 bits per heavy atom.